The molecule has 0 aliphatic carbocycles. The van der Waals surface area contributed by atoms with E-state index in [1.54, 1.807) is 0 Å². The van der Waals surface area contributed by atoms with Crippen LogP contribution in [0.25, 0.3) is 0 Å². The highest BCUT2D eigenvalue weighted by molar-refractivity contribution is 5.81. The number of rotatable bonds is 6. The van der Waals surface area contributed by atoms with Gasteiger partial charge >= 0.3 is 0 Å². The van der Waals surface area contributed by atoms with Gasteiger partial charge in [-0.25, -0.2) is 0 Å². The van der Waals surface area contributed by atoms with E-state index < -0.39 is 6.10 Å². The Morgan fingerprint density at radius 2 is 2.30 bits per heavy atom. The van der Waals surface area contributed by atoms with E-state index >= 15 is 0 Å². The van der Waals surface area contributed by atoms with E-state index in [9.17, 15) is 4.79 Å². The lowest BCUT2D eigenvalue weighted by Crippen LogP contribution is -2.41. The van der Waals surface area contributed by atoms with Crippen molar-refractivity contribution in [3.8, 4) is 5.75 Å². The molecule has 20 heavy (non-hydrogen) atoms. The SMILES string of the molecule is CC[C@H](Oc1ccccc1C)C(=O)NC[C@@H]1CCCO1. The Morgan fingerprint density at radius 3 is 2.95 bits per heavy atom. The minimum Gasteiger partial charge on any atom is -0.480 e. The molecule has 0 aromatic heterocycles. The Balaban J connectivity index is 1.87. The maximum absolute atomic E-state index is 12.2. The normalized spacial score (nSPS) is 19.6. The number of hydrogen-bond donors (Lipinski definition) is 1. The second-order valence-corrected chi connectivity index (χ2v) is 5.16. The van der Waals surface area contributed by atoms with E-state index in [4.69, 9.17) is 9.47 Å². The molecule has 1 aromatic rings. The van der Waals surface area contributed by atoms with Gasteiger partial charge in [0.05, 0.1) is 6.10 Å². The van der Waals surface area contributed by atoms with Gasteiger partial charge in [-0.1, -0.05) is 25.1 Å². The molecule has 1 aliphatic heterocycles. The summed E-state index contributed by atoms with van der Waals surface area (Å²) >= 11 is 0. The molecule has 0 saturated carbocycles. The third-order valence-corrected chi connectivity index (χ3v) is 3.55. The van der Waals surface area contributed by atoms with E-state index in [-0.39, 0.29) is 12.0 Å². The van der Waals surface area contributed by atoms with Crippen LogP contribution in [0.2, 0.25) is 0 Å². The van der Waals surface area contributed by atoms with Crippen LogP contribution in [0, 0.1) is 6.92 Å². The summed E-state index contributed by atoms with van der Waals surface area (Å²) in [6.07, 6.45) is 2.46. The second-order valence-electron chi connectivity index (χ2n) is 5.16. The van der Waals surface area contributed by atoms with Gasteiger partial charge in [0.1, 0.15) is 5.75 Å². The number of para-hydroxylation sites is 1. The topological polar surface area (TPSA) is 47.6 Å². The molecule has 4 heteroatoms. The molecule has 1 amide bonds. The molecule has 1 saturated heterocycles. The number of amides is 1. The Bertz CT molecular complexity index is 441. The molecule has 0 bridgehead atoms. The van der Waals surface area contributed by atoms with Crippen molar-refractivity contribution in [2.45, 2.75) is 45.3 Å². The molecule has 2 atom stereocenters. The number of nitrogens with one attached hydrogen (secondary N) is 1. The van der Waals surface area contributed by atoms with Crippen molar-refractivity contribution in [1.29, 1.82) is 0 Å². The van der Waals surface area contributed by atoms with E-state index in [1.165, 1.54) is 0 Å². The third kappa shape index (κ3) is 3.97. The van der Waals surface area contributed by atoms with Gasteiger partial charge in [0.25, 0.3) is 5.91 Å². The minimum atomic E-state index is -0.447. The quantitative estimate of drug-likeness (QED) is 0.869. The van der Waals surface area contributed by atoms with Crippen LogP contribution in [-0.4, -0.2) is 31.3 Å². The van der Waals surface area contributed by atoms with Crippen LogP contribution in [0.3, 0.4) is 0 Å². The van der Waals surface area contributed by atoms with Crippen LogP contribution < -0.4 is 10.1 Å². The third-order valence-electron chi connectivity index (χ3n) is 3.55. The highest BCUT2D eigenvalue weighted by atomic mass is 16.5. The van der Waals surface area contributed by atoms with Crippen molar-refractivity contribution in [3.63, 3.8) is 0 Å². The summed E-state index contributed by atoms with van der Waals surface area (Å²) in [7, 11) is 0. The summed E-state index contributed by atoms with van der Waals surface area (Å²) in [5.74, 6) is 0.706. The Kier molecular flexibility index (Phi) is 5.41. The maximum atomic E-state index is 12.2. The molecular formula is C16H23NO3. The lowest BCUT2D eigenvalue weighted by atomic mass is 10.2. The fourth-order valence-electron chi connectivity index (χ4n) is 2.30. The summed E-state index contributed by atoms with van der Waals surface area (Å²) in [6, 6.07) is 7.75. The fraction of sp³-hybridized carbons (Fsp3) is 0.562. The second kappa shape index (κ2) is 7.29. The first-order valence-electron chi connectivity index (χ1n) is 7.32. The van der Waals surface area contributed by atoms with Crippen molar-refractivity contribution in [3.05, 3.63) is 29.8 Å². The first kappa shape index (κ1) is 14.9. The Hall–Kier alpha value is -1.55. The van der Waals surface area contributed by atoms with E-state index in [2.05, 4.69) is 5.32 Å². The minimum absolute atomic E-state index is 0.0637. The summed E-state index contributed by atoms with van der Waals surface area (Å²) < 4.78 is 11.3. The highest BCUT2D eigenvalue weighted by Crippen LogP contribution is 2.19. The number of hydrogen-bond acceptors (Lipinski definition) is 3. The highest BCUT2D eigenvalue weighted by Gasteiger charge is 2.21. The van der Waals surface area contributed by atoms with Gasteiger partial charge < -0.3 is 14.8 Å². The summed E-state index contributed by atoms with van der Waals surface area (Å²) in [5.41, 5.74) is 1.04. The number of ether oxygens (including phenoxy) is 2. The molecule has 0 radical (unpaired) electrons. The molecule has 110 valence electrons. The molecule has 1 aliphatic rings. The predicted molar refractivity (Wildman–Crippen MR) is 77.9 cm³/mol. The maximum Gasteiger partial charge on any atom is 0.261 e. The largest absolute Gasteiger partial charge is 0.480 e. The molecule has 0 spiro atoms. The summed E-state index contributed by atoms with van der Waals surface area (Å²) in [5, 5.41) is 2.93. The fourth-order valence-corrected chi connectivity index (χ4v) is 2.30. The van der Waals surface area contributed by atoms with Gasteiger partial charge in [-0.2, -0.15) is 0 Å². The first-order chi connectivity index (χ1) is 9.70. The molecule has 1 heterocycles. The van der Waals surface area contributed by atoms with Crippen LogP contribution >= 0.6 is 0 Å². The molecule has 4 nitrogen and oxygen atoms in total. The first-order valence-corrected chi connectivity index (χ1v) is 7.32. The molecule has 1 N–H and O–H groups in total. The molecule has 2 rings (SSSR count). The zero-order chi connectivity index (χ0) is 14.4. The molecule has 1 aromatic carbocycles. The van der Waals surface area contributed by atoms with Gasteiger partial charge in [-0.15, -0.1) is 0 Å². The van der Waals surface area contributed by atoms with Crippen LogP contribution in [-0.2, 0) is 9.53 Å². The number of benzene rings is 1. The van der Waals surface area contributed by atoms with Crippen molar-refractivity contribution in [2.75, 3.05) is 13.2 Å². The van der Waals surface area contributed by atoms with Crippen LogP contribution in [0.5, 0.6) is 5.75 Å². The number of aryl methyl sites for hydroxylation is 1. The van der Waals surface area contributed by atoms with Gasteiger partial charge in [0.2, 0.25) is 0 Å². The average molecular weight is 277 g/mol. The van der Waals surface area contributed by atoms with Crippen molar-refractivity contribution in [1.82, 2.24) is 5.32 Å². The van der Waals surface area contributed by atoms with E-state index in [0.717, 1.165) is 30.8 Å². The van der Waals surface area contributed by atoms with Crippen molar-refractivity contribution >= 4 is 5.91 Å². The lowest BCUT2D eigenvalue weighted by Gasteiger charge is -2.19. The van der Waals surface area contributed by atoms with Gasteiger partial charge in [-0.3, -0.25) is 4.79 Å². The van der Waals surface area contributed by atoms with E-state index in [0.29, 0.717) is 13.0 Å². The zero-order valence-corrected chi connectivity index (χ0v) is 12.2. The molecular weight excluding hydrogens is 254 g/mol. The number of carbonyl (C=O) groups excluding carboxylic acids is 1. The Morgan fingerprint density at radius 1 is 1.50 bits per heavy atom. The standard InChI is InChI=1S/C16H23NO3/c1-3-14(20-15-9-5-4-7-12(15)2)16(18)17-11-13-8-6-10-19-13/h4-5,7,9,13-14H,3,6,8,10-11H2,1-2H3,(H,17,18)/t13-,14-/m0/s1. The Labute approximate surface area is 120 Å². The van der Waals surface area contributed by atoms with Crippen molar-refractivity contribution in [2.24, 2.45) is 0 Å². The number of carbonyl (C=O) groups is 1. The zero-order valence-electron chi connectivity index (χ0n) is 12.2. The van der Waals surface area contributed by atoms with Gasteiger partial charge in [-0.05, 0) is 37.8 Å². The molecule has 0 unspecified atom stereocenters. The summed E-state index contributed by atoms with van der Waals surface area (Å²) in [6.45, 7) is 5.31. The summed E-state index contributed by atoms with van der Waals surface area (Å²) in [4.78, 5) is 12.2. The molecule has 1 fully saturated rings. The lowest BCUT2D eigenvalue weighted by molar-refractivity contribution is -0.128. The van der Waals surface area contributed by atoms with Crippen LogP contribution in [0.1, 0.15) is 31.7 Å². The predicted octanol–water partition coefficient (Wildman–Crippen LogP) is 2.45. The van der Waals surface area contributed by atoms with Gasteiger partial charge in [0.15, 0.2) is 6.10 Å². The smallest absolute Gasteiger partial charge is 0.261 e. The average Bonchev–Trinajstić information content (AvgIpc) is 2.97. The van der Waals surface area contributed by atoms with Gasteiger partial charge in [0, 0.05) is 13.2 Å². The van der Waals surface area contributed by atoms with E-state index in [1.807, 2.05) is 38.1 Å². The van der Waals surface area contributed by atoms with Crippen LogP contribution in [0.15, 0.2) is 24.3 Å². The van der Waals surface area contributed by atoms with Crippen molar-refractivity contribution < 1.29 is 14.3 Å². The monoisotopic (exact) mass is 277 g/mol. The van der Waals surface area contributed by atoms with Crippen LogP contribution in [0.4, 0.5) is 0 Å².